The Kier molecular flexibility index (Phi) is 4.70. The van der Waals surface area contributed by atoms with Crippen molar-refractivity contribution in [3.05, 3.63) is 57.5 Å². The first-order valence-electron chi connectivity index (χ1n) is 9.52. The fourth-order valence-corrected chi connectivity index (χ4v) is 4.02. The van der Waals surface area contributed by atoms with Gasteiger partial charge < -0.3 is 14.6 Å². The average Bonchev–Trinajstić information content (AvgIpc) is 2.99. The molecule has 0 fully saturated rings. The van der Waals surface area contributed by atoms with E-state index in [1.54, 1.807) is 18.5 Å². The minimum absolute atomic E-state index is 0.104. The molecule has 1 aromatic carbocycles. The molecule has 0 saturated heterocycles. The lowest BCUT2D eigenvalue weighted by atomic mass is 9.86. The number of anilines is 1. The van der Waals surface area contributed by atoms with Crippen LogP contribution in [-0.4, -0.2) is 32.8 Å². The Morgan fingerprint density at radius 2 is 2.07 bits per heavy atom. The highest BCUT2D eigenvalue weighted by Gasteiger charge is 2.34. The van der Waals surface area contributed by atoms with Crippen molar-refractivity contribution in [2.75, 3.05) is 11.9 Å². The van der Waals surface area contributed by atoms with Crippen LogP contribution in [-0.2, 0) is 27.9 Å². The van der Waals surface area contributed by atoms with Crippen molar-refractivity contribution in [3.8, 4) is 0 Å². The van der Waals surface area contributed by atoms with Crippen molar-refractivity contribution in [1.82, 2.24) is 14.3 Å². The number of aryl methyl sites for hydroxylation is 2. The number of benzene rings is 1. The van der Waals surface area contributed by atoms with Gasteiger partial charge in [0.15, 0.2) is 0 Å². The number of esters is 1. The number of hydrogen-bond acceptors (Lipinski definition) is 5. The Morgan fingerprint density at radius 1 is 1.31 bits per heavy atom. The summed E-state index contributed by atoms with van der Waals surface area (Å²) in [5, 5.41) is 8.17. The standard InChI is InChI=1S/C21H22N4O4/c1-4-29-18(27)11-25-20-19(12(2)23-25)14(10-17(26)22-20)15-9-13-7-5-6-8-16(13)24(3)21(15)28/h5-9,14H,4,10-11H2,1-3H3,(H,22,26)/t14-/m1/s1. The molecule has 0 spiro atoms. The number of aromatic nitrogens is 3. The molecule has 3 heterocycles. The molecule has 1 N–H and O–H groups in total. The molecular weight excluding hydrogens is 372 g/mol. The highest BCUT2D eigenvalue weighted by molar-refractivity contribution is 5.95. The number of para-hydroxylation sites is 1. The summed E-state index contributed by atoms with van der Waals surface area (Å²) in [4.78, 5) is 37.5. The van der Waals surface area contributed by atoms with Gasteiger partial charge in [0.2, 0.25) is 5.91 Å². The maximum atomic E-state index is 13.1. The molecule has 150 valence electrons. The lowest BCUT2D eigenvalue weighted by Crippen LogP contribution is -2.30. The first kappa shape index (κ1) is 18.9. The Morgan fingerprint density at radius 3 is 2.83 bits per heavy atom. The summed E-state index contributed by atoms with van der Waals surface area (Å²) in [5.74, 6) is -0.636. The maximum Gasteiger partial charge on any atom is 0.327 e. The number of fused-ring (bicyclic) bond motifs is 2. The van der Waals surface area contributed by atoms with Crippen LogP contribution < -0.4 is 10.9 Å². The first-order valence-corrected chi connectivity index (χ1v) is 9.52. The van der Waals surface area contributed by atoms with Gasteiger partial charge in [-0.25, -0.2) is 4.68 Å². The normalized spacial score (nSPS) is 15.8. The van der Waals surface area contributed by atoms with Crippen LogP contribution in [0.25, 0.3) is 10.9 Å². The van der Waals surface area contributed by atoms with Crippen LogP contribution in [0.5, 0.6) is 0 Å². The molecule has 1 aliphatic rings. The van der Waals surface area contributed by atoms with E-state index in [-0.39, 0.29) is 31.0 Å². The highest BCUT2D eigenvalue weighted by Crippen LogP contribution is 2.38. The number of nitrogens with zero attached hydrogens (tertiary/aromatic N) is 3. The molecule has 0 bridgehead atoms. The molecular formula is C21H22N4O4. The monoisotopic (exact) mass is 394 g/mol. The van der Waals surface area contributed by atoms with Gasteiger partial charge >= 0.3 is 5.97 Å². The Hall–Kier alpha value is -3.42. The second-order valence-corrected chi connectivity index (χ2v) is 7.14. The van der Waals surface area contributed by atoms with Gasteiger partial charge in [0.05, 0.1) is 17.8 Å². The van der Waals surface area contributed by atoms with E-state index >= 15 is 0 Å². The fourth-order valence-electron chi connectivity index (χ4n) is 4.02. The molecule has 1 atom stereocenters. The van der Waals surface area contributed by atoms with Gasteiger partial charge in [-0.05, 0) is 31.4 Å². The van der Waals surface area contributed by atoms with Crippen molar-refractivity contribution in [2.45, 2.75) is 32.7 Å². The molecule has 29 heavy (non-hydrogen) atoms. The van der Waals surface area contributed by atoms with Crippen molar-refractivity contribution >= 4 is 28.6 Å². The zero-order valence-electron chi connectivity index (χ0n) is 16.6. The molecule has 2 aromatic heterocycles. The lowest BCUT2D eigenvalue weighted by Gasteiger charge is -2.24. The van der Waals surface area contributed by atoms with E-state index in [2.05, 4.69) is 10.4 Å². The van der Waals surface area contributed by atoms with Crippen LogP contribution >= 0.6 is 0 Å². The fraction of sp³-hybridized carbons (Fsp3) is 0.333. The zero-order chi connectivity index (χ0) is 20.7. The maximum absolute atomic E-state index is 13.1. The van der Waals surface area contributed by atoms with Gasteiger partial charge in [0, 0.05) is 30.5 Å². The number of hydrogen-bond donors (Lipinski definition) is 1. The Balaban J connectivity index is 1.86. The number of carbonyl (C=O) groups is 2. The van der Waals surface area contributed by atoms with Gasteiger partial charge in [-0.3, -0.25) is 14.4 Å². The van der Waals surface area contributed by atoms with E-state index in [0.29, 0.717) is 17.1 Å². The summed E-state index contributed by atoms with van der Waals surface area (Å²) < 4.78 is 8.05. The smallest absolute Gasteiger partial charge is 0.327 e. The lowest BCUT2D eigenvalue weighted by molar-refractivity contribution is -0.144. The molecule has 4 rings (SSSR count). The molecule has 1 aliphatic heterocycles. The average molecular weight is 394 g/mol. The SMILES string of the molecule is CCOC(=O)Cn1nc(C)c2c1NC(=O)C[C@@H]2c1cc2ccccc2n(C)c1=O. The van der Waals surface area contributed by atoms with Crippen LogP contribution in [0.15, 0.2) is 35.1 Å². The molecule has 0 radical (unpaired) electrons. The largest absolute Gasteiger partial charge is 0.465 e. The number of carbonyl (C=O) groups excluding carboxylic acids is 2. The van der Waals surface area contributed by atoms with Crippen molar-refractivity contribution in [3.63, 3.8) is 0 Å². The van der Waals surface area contributed by atoms with Crippen LogP contribution in [0.2, 0.25) is 0 Å². The predicted octanol–water partition coefficient (Wildman–Crippen LogP) is 2.08. The Bertz CT molecular complexity index is 1190. The molecule has 3 aromatic rings. The van der Waals surface area contributed by atoms with Crippen LogP contribution in [0.3, 0.4) is 0 Å². The molecule has 1 amide bonds. The number of rotatable bonds is 4. The van der Waals surface area contributed by atoms with E-state index in [1.807, 2.05) is 37.3 Å². The molecule has 8 heteroatoms. The number of ether oxygens (including phenoxy) is 1. The number of amides is 1. The van der Waals surface area contributed by atoms with Crippen molar-refractivity contribution in [1.29, 1.82) is 0 Å². The van der Waals surface area contributed by atoms with Gasteiger partial charge in [0.1, 0.15) is 12.4 Å². The summed E-state index contributed by atoms with van der Waals surface area (Å²) >= 11 is 0. The minimum atomic E-state index is -0.434. The van der Waals surface area contributed by atoms with E-state index in [4.69, 9.17) is 4.74 Å². The number of nitrogens with one attached hydrogen (secondary N) is 1. The number of pyridine rings is 1. The van der Waals surface area contributed by atoms with Crippen LogP contribution in [0.1, 0.15) is 36.1 Å². The topological polar surface area (TPSA) is 95.2 Å². The van der Waals surface area contributed by atoms with Gasteiger partial charge in [0.25, 0.3) is 5.56 Å². The third-order valence-corrected chi connectivity index (χ3v) is 5.29. The molecule has 8 nitrogen and oxygen atoms in total. The van der Waals surface area contributed by atoms with Crippen molar-refractivity contribution in [2.24, 2.45) is 7.05 Å². The summed E-state index contributed by atoms with van der Waals surface area (Å²) in [6.07, 6.45) is 0.145. The molecule has 0 saturated carbocycles. The molecule has 0 unspecified atom stereocenters. The summed E-state index contributed by atoms with van der Waals surface area (Å²) in [6.45, 7) is 3.71. The van der Waals surface area contributed by atoms with E-state index in [9.17, 15) is 14.4 Å². The zero-order valence-corrected chi connectivity index (χ0v) is 16.6. The summed E-state index contributed by atoms with van der Waals surface area (Å²) in [5.41, 5.74) is 2.66. The third kappa shape index (κ3) is 3.20. The van der Waals surface area contributed by atoms with E-state index in [1.165, 1.54) is 4.68 Å². The Labute approximate surface area is 167 Å². The van der Waals surface area contributed by atoms with Crippen LogP contribution in [0.4, 0.5) is 5.82 Å². The van der Waals surface area contributed by atoms with Crippen molar-refractivity contribution < 1.29 is 14.3 Å². The quantitative estimate of drug-likeness (QED) is 0.684. The van der Waals surface area contributed by atoms with Crippen LogP contribution in [0, 0.1) is 6.92 Å². The van der Waals surface area contributed by atoms with E-state index < -0.39 is 11.9 Å². The van der Waals surface area contributed by atoms with Gasteiger partial charge in [-0.2, -0.15) is 5.10 Å². The second-order valence-electron chi connectivity index (χ2n) is 7.14. The minimum Gasteiger partial charge on any atom is -0.465 e. The highest BCUT2D eigenvalue weighted by atomic mass is 16.5. The first-order chi connectivity index (χ1) is 13.9. The predicted molar refractivity (Wildman–Crippen MR) is 108 cm³/mol. The summed E-state index contributed by atoms with van der Waals surface area (Å²) in [6, 6.07) is 9.49. The van der Waals surface area contributed by atoms with Gasteiger partial charge in [-0.1, -0.05) is 18.2 Å². The van der Waals surface area contributed by atoms with Gasteiger partial charge in [-0.15, -0.1) is 0 Å². The van der Waals surface area contributed by atoms with E-state index in [0.717, 1.165) is 16.5 Å². The molecule has 0 aliphatic carbocycles. The third-order valence-electron chi connectivity index (χ3n) is 5.29. The summed E-state index contributed by atoms with van der Waals surface area (Å²) in [7, 11) is 1.73. The second kappa shape index (κ2) is 7.20.